The van der Waals surface area contributed by atoms with Crippen LogP contribution < -0.4 is 0 Å². The molecule has 0 heterocycles. The molecular weight excluding hydrogens is 188 g/mol. The van der Waals surface area contributed by atoms with E-state index in [1.165, 1.54) is 0 Å². The van der Waals surface area contributed by atoms with Gasteiger partial charge in [-0.05, 0) is 20.8 Å². The normalized spacial score (nSPS) is 9.07. The molecule has 0 aliphatic rings. The van der Waals surface area contributed by atoms with E-state index < -0.39 is 12.1 Å². The van der Waals surface area contributed by atoms with Gasteiger partial charge in [-0.25, -0.2) is 4.79 Å². The third-order valence-electron chi connectivity index (χ3n) is 1.49. The second kappa shape index (κ2) is 8.68. The molecule has 0 unspecified atom stereocenters. The summed E-state index contributed by atoms with van der Waals surface area (Å²) in [7, 11) is 0. The number of hydrogen-bond donors (Lipinski definition) is 4. The molecule has 0 fully saturated rings. The van der Waals surface area contributed by atoms with Crippen molar-refractivity contribution in [1.82, 2.24) is 0 Å². The largest absolute Gasteiger partial charge is 0.478 e. The lowest BCUT2D eigenvalue weighted by atomic mass is 10.2. The number of hydrogen-bond acceptors (Lipinski definition) is 4. The van der Waals surface area contributed by atoms with E-state index in [1.807, 2.05) is 0 Å². The molecule has 0 bridgehead atoms. The van der Waals surface area contributed by atoms with Gasteiger partial charge < -0.3 is 20.4 Å². The molecule has 14 heavy (non-hydrogen) atoms. The summed E-state index contributed by atoms with van der Waals surface area (Å²) < 4.78 is 0. The Morgan fingerprint density at radius 2 is 1.50 bits per heavy atom. The summed E-state index contributed by atoms with van der Waals surface area (Å²) in [5.74, 6) is -0.829. The van der Waals surface area contributed by atoms with E-state index in [9.17, 15) is 4.79 Å². The first-order valence-corrected chi connectivity index (χ1v) is 4.13. The van der Waals surface area contributed by atoms with E-state index in [0.29, 0.717) is 5.57 Å². The van der Waals surface area contributed by atoms with Crippen molar-refractivity contribution in [3.8, 4) is 0 Å². The molecule has 0 aromatic rings. The Morgan fingerprint density at radius 3 is 1.50 bits per heavy atom. The monoisotopic (exact) mass is 206 g/mol. The lowest BCUT2D eigenvalue weighted by Gasteiger charge is -1.96. The van der Waals surface area contributed by atoms with Crippen molar-refractivity contribution in [1.29, 1.82) is 0 Å². The third-order valence-corrected chi connectivity index (χ3v) is 1.49. The van der Waals surface area contributed by atoms with Crippen molar-refractivity contribution >= 4 is 5.97 Å². The summed E-state index contributed by atoms with van der Waals surface area (Å²) in [4.78, 5) is 10.1. The highest BCUT2D eigenvalue weighted by Crippen LogP contribution is 1.99. The summed E-state index contributed by atoms with van der Waals surface area (Å²) in [6.45, 7) is 4.43. The quantitative estimate of drug-likeness (QED) is 0.478. The van der Waals surface area contributed by atoms with Gasteiger partial charge in [0.2, 0.25) is 0 Å². The van der Waals surface area contributed by atoms with Crippen LogP contribution in [0.5, 0.6) is 0 Å². The van der Waals surface area contributed by atoms with E-state index in [1.54, 1.807) is 20.8 Å². The SMILES string of the molecule is CC(C)=C(C)C(=O)O.OCC(O)CO. The fourth-order valence-corrected chi connectivity index (χ4v) is 0.272. The van der Waals surface area contributed by atoms with Gasteiger partial charge in [-0.15, -0.1) is 0 Å². The molecule has 84 valence electrons. The van der Waals surface area contributed by atoms with Gasteiger partial charge in [0.1, 0.15) is 6.10 Å². The Bertz CT molecular complexity index is 189. The molecule has 0 saturated heterocycles. The maximum atomic E-state index is 10.1. The highest BCUT2D eigenvalue weighted by molar-refractivity contribution is 5.86. The molecule has 0 aromatic carbocycles. The predicted molar refractivity (Wildman–Crippen MR) is 51.9 cm³/mol. The molecular formula is C9H18O5. The first kappa shape index (κ1) is 15.6. The van der Waals surface area contributed by atoms with Gasteiger partial charge in [-0.2, -0.15) is 0 Å². The number of aliphatic carboxylic acids is 1. The summed E-state index contributed by atoms with van der Waals surface area (Å²) >= 11 is 0. The fraction of sp³-hybridized carbons (Fsp3) is 0.667. The molecule has 0 atom stereocenters. The second-order valence-corrected chi connectivity index (χ2v) is 2.95. The zero-order valence-corrected chi connectivity index (χ0v) is 8.69. The van der Waals surface area contributed by atoms with Crippen LogP contribution in [0.3, 0.4) is 0 Å². The van der Waals surface area contributed by atoms with E-state index in [0.717, 1.165) is 5.57 Å². The van der Waals surface area contributed by atoms with Crippen LogP contribution in [0.25, 0.3) is 0 Å². The maximum absolute atomic E-state index is 10.1. The van der Waals surface area contributed by atoms with Gasteiger partial charge in [-0.3, -0.25) is 0 Å². The minimum absolute atomic E-state index is 0.365. The van der Waals surface area contributed by atoms with Crippen LogP contribution in [-0.4, -0.2) is 45.7 Å². The molecule has 0 aromatic heterocycles. The number of rotatable bonds is 3. The molecule has 0 radical (unpaired) electrons. The topological polar surface area (TPSA) is 98.0 Å². The first-order valence-electron chi connectivity index (χ1n) is 4.13. The van der Waals surface area contributed by atoms with Crippen molar-refractivity contribution in [2.45, 2.75) is 26.9 Å². The van der Waals surface area contributed by atoms with E-state index >= 15 is 0 Å². The van der Waals surface area contributed by atoms with Gasteiger partial charge in [0.25, 0.3) is 0 Å². The van der Waals surface area contributed by atoms with Crippen LogP contribution in [0.2, 0.25) is 0 Å². The van der Waals surface area contributed by atoms with Crippen LogP contribution in [-0.2, 0) is 4.79 Å². The number of allylic oxidation sites excluding steroid dienone is 1. The number of carboxylic acids is 1. The highest BCUT2D eigenvalue weighted by atomic mass is 16.4. The smallest absolute Gasteiger partial charge is 0.331 e. The van der Waals surface area contributed by atoms with Gasteiger partial charge >= 0.3 is 5.97 Å². The molecule has 5 nitrogen and oxygen atoms in total. The van der Waals surface area contributed by atoms with Crippen LogP contribution in [0.4, 0.5) is 0 Å². The Morgan fingerprint density at radius 1 is 1.14 bits per heavy atom. The van der Waals surface area contributed by atoms with E-state index in [4.69, 9.17) is 20.4 Å². The van der Waals surface area contributed by atoms with Gasteiger partial charge in [0.15, 0.2) is 0 Å². The highest BCUT2D eigenvalue weighted by Gasteiger charge is 1.99. The minimum atomic E-state index is -0.954. The number of aliphatic hydroxyl groups excluding tert-OH is 3. The van der Waals surface area contributed by atoms with Crippen molar-refractivity contribution in [3.63, 3.8) is 0 Å². The fourth-order valence-electron chi connectivity index (χ4n) is 0.272. The van der Waals surface area contributed by atoms with Crippen LogP contribution in [0.1, 0.15) is 20.8 Å². The molecule has 0 amide bonds. The zero-order valence-electron chi connectivity index (χ0n) is 8.69. The summed E-state index contributed by atoms with van der Waals surface area (Å²) in [6.07, 6.45) is -0.954. The van der Waals surface area contributed by atoms with Crippen molar-refractivity contribution in [3.05, 3.63) is 11.1 Å². The average Bonchev–Trinajstić information content (AvgIpc) is 2.15. The van der Waals surface area contributed by atoms with Crippen LogP contribution >= 0.6 is 0 Å². The lowest BCUT2D eigenvalue weighted by Crippen LogP contribution is -2.15. The lowest BCUT2D eigenvalue weighted by molar-refractivity contribution is -0.132. The summed E-state index contributed by atoms with van der Waals surface area (Å²) in [5, 5.41) is 32.3. The molecule has 4 N–H and O–H groups in total. The average molecular weight is 206 g/mol. The van der Waals surface area contributed by atoms with Crippen molar-refractivity contribution < 1.29 is 25.2 Å². The Labute approximate surface area is 83.3 Å². The minimum Gasteiger partial charge on any atom is -0.478 e. The van der Waals surface area contributed by atoms with E-state index in [-0.39, 0.29) is 13.2 Å². The molecule has 0 aliphatic heterocycles. The standard InChI is InChI=1S/C6H10O2.C3H8O3/c1-4(2)5(3)6(7)8;4-1-3(6)2-5/h1-3H3,(H,7,8);3-6H,1-2H2. The summed E-state index contributed by atoms with van der Waals surface area (Å²) in [5.41, 5.74) is 1.29. The zero-order chi connectivity index (χ0) is 11.7. The molecule has 0 aliphatic carbocycles. The Kier molecular flexibility index (Phi) is 9.64. The molecule has 0 spiro atoms. The summed E-state index contributed by atoms with van der Waals surface area (Å²) in [6, 6.07) is 0. The van der Waals surface area contributed by atoms with Crippen molar-refractivity contribution in [2.24, 2.45) is 0 Å². The predicted octanol–water partition coefficient (Wildman–Crippen LogP) is -0.241. The van der Waals surface area contributed by atoms with Crippen LogP contribution in [0, 0.1) is 0 Å². The van der Waals surface area contributed by atoms with Crippen LogP contribution in [0.15, 0.2) is 11.1 Å². The van der Waals surface area contributed by atoms with Crippen molar-refractivity contribution in [2.75, 3.05) is 13.2 Å². The second-order valence-electron chi connectivity index (χ2n) is 2.95. The number of carboxylic acid groups (broad SMARTS) is 1. The Balaban J connectivity index is 0. The first-order chi connectivity index (χ1) is 6.36. The molecule has 0 saturated carbocycles. The third kappa shape index (κ3) is 9.18. The van der Waals surface area contributed by atoms with Gasteiger partial charge in [-0.1, -0.05) is 5.57 Å². The molecule has 5 heteroatoms. The molecule has 0 rings (SSSR count). The number of aliphatic hydroxyl groups is 3. The van der Waals surface area contributed by atoms with E-state index in [2.05, 4.69) is 0 Å². The maximum Gasteiger partial charge on any atom is 0.331 e. The number of carbonyl (C=O) groups is 1. The van der Waals surface area contributed by atoms with Gasteiger partial charge in [0, 0.05) is 5.57 Å². The Hall–Kier alpha value is -0.910. The van der Waals surface area contributed by atoms with Gasteiger partial charge in [0.05, 0.1) is 13.2 Å².